The Morgan fingerprint density at radius 3 is 2.36 bits per heavy atom. The molecule has 1 N–H and O–H groups in total. The zero-order valence-corrected chi connectivity index (χ0v) is 15.6. The van der Waals surface area contributed by atoms with Crippen LogP contribution in [0, 0.1) is 5.82 Å². The number of hydrogen-bond donors (Lipinski definition) is 1. The summed E-state index contributed by atoms with van der Waals surface area (Å²) in [5, 5.41) is 0. The fourth-order valence-electron chi connectivity index (χ4n) is 3.41. The molecule has 2 aromatic carbocycles. The second-order valence-electron chi connectivity index (χ2n) is 7.04. The number of hydrogen-bond acceptors (Lipinski definition) is 2. The van der Waals surface area contributed by atoms with Gasteiger partial charge in [-0.2, -0.15) is 13.2 Å². The smallest absolute Gasteiger partial charge is 0.416 e. The molecule has 0 saturated carbocycles. The monoisotopic (exact) mass is 397 g/mol. The SMILES string of the molecule is Fc1ccc(OCCCC[NH+]2CCN(c3cccc(C(F)(F)F)c3)CC2)cc1. The van der Waals surface area contributed by atoms with Crippen LogP contribution < -0.4 is 14.5 Å². The molecule has 7 heteroatoms. The summed E-state index contributed by atoms with van der Waals surface area (Å²) in [5.41, 5.74) is 0.0440. The summed E-state index contributed by atoms with van der Waals surface area (Å²) >= 11 is 0. The molecule has 28 heavy (non-hydrogen) atoms. The van der Waals surface area contributed by atoms with Crippen LogP contribution in [0.5, 0.6) is 5.75 Å². The van der Waals surface area contributed by atoms with Gasteiger partial charge in [0, 0.05) is 5.69 Å². The van der Waals surface area contributed by atoms with Crippen molar-refractivity contribution in [2.45, 2.75) is 19.0 Å². The van der Waals surface area contributed by atoms with E-state index in [1.807, 2.05) is 4.90 Å². The van der Waals surface area contributed by atoms with Crippen LogP contribution in [0.1, 0.15) is 18.4 Å². The van der Waals surface area contributed by atoms with Gasteiger partial charge in [-0.25, -0.2) is 4.39 Å². The maximum absolute atomic E-state index is 12.9. The Morgan fingerprint density at radius 2 is 1.68 bits per heavy atom. The second kappa shape index (κ2) is 9.28. The van der Waals surface area contributed by atoms with E-state index in [1.165, 1.54) is 29.2 Å². The Kier molecular flexibility index (Phi) is 6.78. The number of unbranched alkanes of at least 4 members (excludes halogenated alkanes) is 1. The molecule has 1 fully saturated rings. The molecule has 1 aliphatic heterocycles. The molecule has 0 atom stereocenters. The van der Waals surface area contributed by atoms with Crippen molar-refractivity contribution in [3.05, 3.63) is 59.9 Å². The molecule has 1 heterocycles. The summed E-state index contributed by atoms with van der Waals surface area (Å²) in [5.74, 6) is 0.392. The van der Waals surface area contributed by atoms with Crippen LogP contribution >= 0.6 is 0 Å². The van der Waals surface area contributed by atoms with Crippen molar-refractivity contribution >= 4 is 5.69 Å². The third-order valence-electron chi connectivity index (χ3n) is 5.02. The first kappa shape index (κ1) is 20.5. The zero-order valence-electron chi connectivity index (χ0n) is 15.6. The molecule has 0 radical (unpaired) electrons. The standard InChI is InChI=1S/C21H24F4N2O/c22-18-6-8-20(9-7-18)28-15-2-1-10-26-11-13-27(14-12-26)19-5-3-4-17(16-19)21(23,24)25/h3-9,16H,1-2,10-15H2/p+1. The van der Waals surface area contributed by atoms with Crippen LogP contribution in [0.25, 0.3) is 0 Å². The highest BCUT2D eigenvalue weighted by atomic mass is 19.4. The number of piperazine rings is 1. The van der Waals surface area contributed by atoms with Crippen molar-refractivity contribution in [3.63, 3.8) is 0 Å². The molecule has 1 saturated heterocycles. The van der Waals surface area contributed by atoms with Gasteiger partial charge >= 0.3 is 6.18 Å². The Bertz CT molecular complexity index is 741. The fourth-order valence-corrected chi connectivity index (χ4v) is 3.41. The van der Waals surface area contributed by atoms with Crippen LogP contribution in [-0.2, 0) is 6.18 Å². The Balaban J connectivity index is 1.36. The summed E-state index contributed by atoms with van der Waals surface area (Å²) < 4.78 is 57.0. The maximum Gasteiger partial charge on any atom is 0.416 e. The molecular formula is C21H25F4N2O+. The molecule has 0 bridgehead atoms. The summed E-state index contributed by atoms with van der Waals surface area (Å²) in [6.07, 6.45) is -2.38. The molecule has 3 nitrogen and oxygen atoms in total. The number of benzene rings is 2. The lowest BCUT2D eigenvalue weighted by Crippen LogP contribution is -3.14. The average molecular weight is 397 g/mol. The van der Waals surface area contributed by atoms with Crippen molar-refractivity contribution < 1.29 is 27.2 Å². The van der Waals surface area contributed by atoms with E-state index in [1.54, 1.807) is 18.2 Å². The third-order valence-corrected chi connectivity index (χ3v) is 5.02. The van der Waals surface area contributed by atoms with Gasteiger partial charge in [0.25, 0.3) is 0 Å². The number of rotatable bonds is 7. The molecule has 2 aromatic rings. The molecule has 0 aromatic heterocycles. The van der Waals surface area contributed by atoms with Gasteiger partial charge in [0.2, 0.25) is 0 Å². The summed E-state index contributed by atoms with van der Waals surface area (Å²) in [6, 6.07) is 11.6. The molecule has 3 rings (SSSR count). The predicted molar refractivity (Wildman–Crippen MR) is 100 cm³/mol. The topological polar surface area (TPSA) is 16.9 Å². The third kappa shape index (κ3) is 5.86. The van der Waals surface area contributed by atoms with Gasteiger partial charge in [-0.1, -0.05) is 6.07 Å². The zero-order chi connectivity index (χ0) is 20.0. The number of quaternary nitrogens is 1. The highest BCUT2D eigenvalue weighted by Gasteiger charge is 2.31. The van der Waals surface area contributed by atoms with E-state index in [2.05, 4.69) is 0 Å². The number of nitrogens with one attached hydrogen (secondary N) is 1. The molecular weight excluding hydrogens is 372 g/mol. The van der Waals surface area contributed by atoms with E-state index < -0.39 is 11.7 Å². The Morgan fingerprint density at radius 1 is 0.964 bits per heavy atom. The molecule has 152 valence electrons. The van der Waals surface area contributed by atoms with Crippen LogP contribution in [0.2, 0.25) is 0 Å². The van der Waals surface area contributed by atoms with Crippen LogP contribution in [0.4, 0.5) is 23.2 Å². The van der Waals surface area contributed by atoms with Gasteiger partial charge in [0.15, 0.2) is 0 Å². The lowest BCUT2D eigenvalue weighted by atomic mass is 10.1. The van der Waals surface area contributed by atoms with Crippen LogP contribution in [-0.4, -0.2) is 39.3 Å². The lowest BCUT2D eigenvalue weighted by molar-refractivity contribution is -0.900. The molecule has 0 amide bonds. The van der Waals surface area contributed by atoms with Gasteiger partial charge in [-0.05, 0) is 55.3 Å². The van der Waals surface area contributed by atoms with Crippen LogP contribution in [0.15, 0.2) is 48.5 Å². The van der Waals surface area contributed by atoms with E-state index >= 15 is 0 Å². The van der Waals surface area contributed by atoms with Gasteiger partial charge in [-0.3, -0.25) is 0 Å². The molecule has 0 spiro atoms. The van der Waals surface area contributed by atoms with E-state index in [0.29, 0.717) is 18.0 Å². The first-order chi connectivity index (χ1) is 13.4. The largest absolute Gasteiger partial charge is 0.494 e. The minimum Gasteiger partial charge on any atom is -0.494 e. The van der Waals surface area contributed by atoms with Gasteiger partial charge in [0.1, 0.15) is 11.6 Å². The minimum absolute atomic E-state index is 0.278. The van der Waals surface area contributed by atoms with Crippen molar-refractivity contribution in [1.82, 2.24) is 0 Å². The van der Waals surface area contributed by atoms with Crippen molar-refractivity contribution in [1.29, 1.82) is 0 Å². The van der Waals surface area contributed by atoms with E-state index in [-0.39, 0.29) is 5.82 Å². The Hall–Kier alpha value is -2.28. The number of nitrogens with zero attached hydrogens (tertiary/aromatic N) is 1. The summed E-state index contributed by atoms with van der Waals surface area (Å²) in [6.45, 7) is 4.94. The van der Waals surface area contributed by atoms with E-state index in [0.717, 1.165) is 51.6 Å². The first-order valence-corrected chi connectivity index (χ1v) is 9.56. The molecule has 1 aliphatic rings. The lowest BCUT2D eigenvalue weighted by Gasteiger charge is -2.34. The number of anilines is 1. The highest BCUT2D eigenvalue weighted by Crippen LogP contribution is 2.31. The number of ether oxygens (including phenoxy) is 1. The second-order valence-corrected chi connectivity index (χ2v) is 7.04. The highest BCUT2D eigenvalue weighted by molar-refractivity contribution is 5.49. The van der Waals surface area contributed by atoms with Crippen molar-refractivity contribution in [3.8, 4) is 5.75 Å². The minimum atomic E-state index is -4.31. The molecule has 0 aliphatic carbocycles. The normalized spacial score (nSPS) is 15.6. The fraction of sp³-hybridized carbons (Fsp3) is 0.429. The van der Waals surface area contributed by atoms with Crippen LogP contribution in [0.3, 0.4) is 0 Å². The predicted octanol–water partition coefficient (Wildman–Crippen LogP) is 3.41. The number of alkyl halides is 3. The maximum atomic E-state index is 12.9. The summed E-state index contributed by atoms with van der Waals surface area (Å²) in [7, 11) is 0. The van der Waals surface area contributed by atoms with E-state index in [4.69, 9.17) is 4.74 Å². The first-order valence-electron chi connectivity index (χ1n) is 9.56. The van der Waals surface area contributed by atoms with E-state index in [9.17, 15) is 17.6 Å². The molecule has 0 unspecified atom stereocenters. The average Bonchev–Trinajstić information content (AvgIpc) is 2.69. The van der Waals surface area contributed by atoms with Crippen molar-refractivity contribution in [2.24, 2.45) is 0 Å². The van der Waals surface area contributed by atoms with Gasteiger partial charge in [0.05, 0.1) is 44.9 Å². The van der Waals surface area contributed by atoms with Gasteiger partial charge in [-0.15, -0.1) is 0 Å². The quantitative estimate of drug-likeness (QED) is 0.570. The summed E-state index contributed by atoms with van der Waals surface area (Å²) in [4.78, 5) is 3.49. The van der Waals surface area contributed by atoms with Gasteiger partial charge < -0.3 is 14.5 Å². The number of halogens is 4. The van der Waals surface area contributed by atoms with Crippen molar-refractivity contribution in [2.75, 3.05) is 44.2 Å². The Labute approximate surface area is 162 Å².